The second kappa shape index (κ2) is 6.88. The van der Waals surface area contributed by atoms with E-state index >= 15 is 0 Å². The number of nitrogens with zero attached hydrogens (tertiary/aromatic N) is 1. The van der Waals surface area contributed by atoms with Crippen LogP contribution >= 0.6 is 0 Å². The number of esters is 2. The van der Waals surface area contributed by atoms with E-state index in [1.807, 2.05) is 12.1 Å². The molecule has 118 valence electrons. The molecular formula is C18H23NO3. The molecule has 4 nitrogen and oxygen atoms in total. The van der Waals surface area contributed by atoms with Crippen molar-refractivity contribution in [2.75, 3.05) is 14.1 Å². The highest BCUT2D eigenvalue weighted by atomic mass is 16.6. The summed E-state index contributed by atoms with van der Waals surface area (Å²) in [7, 11) is 4.15. The molecule has 0 aromatic heterocycles. The Balaban J connectivity index is 0.000000164. The molecule has 2 aliphatic rings. The van der Waals surface area contributed by atoms with E-state index in [9.17, 15) is 9.59 Å². The van der Waals surface area contributed by atoms with E-state index in [2.05, 4.69) is 48.0 Å². The van der Waals surface area contributed by atoms with Gasteiger partial charge in [-0.25, -0.2) is 0 Å². The Labute approximate surface area is 131 Å². The third kappa shape index (κ3) is 3.63. The highest BCUT2D eigenvalue weighted by Gasteiger charge is 2.53. The van der Waals surface area contributed by atoms with Crippen LogP contribution in [0.2, 0.25) is 0 Å². The van der Waals surface area contributed by atoms with Gasteiger partial charge < -0.3 is 9.64 Å². The largest absolute Gasteiger partial charge is 0.392 e. The lowest BCUT2D eigenvalue weighted by Gasteiger charge is -2.24. The Morgan fingerprint density at radius 2 is 1.91 bits per heavy atom. The van der Waals surface area contributed by atoms with Crippen molar-refractivity contribution in [1.82, 2.24) is 4.90 Å². The first-order valence-electron chi connectivity index (χ1n) is 7.56. The molecule has 2 unspecified atom stereocenters. The van der Waals surface area contributed by atoms with Crippen LogP contribution in [0, 0.1) is 11.3 Å². The molecule has 0 amide bonds. The fourth-order valence-corrected chi connectivity index (χ4v) is 2.80. The van der Waals surface area contributed by atoms with E-state index < -0.39 is 11.4 Å². The fourth-order valence-electron chi connectivity index (χ4n) is 2.80. The SMILES string of the molecule is CC12C=CCCC1C(=O)OC2=O.CN(C)Cc1ccccc1. The van der Waals surface area contributed by atoms with Crippen molar-refractivity contribution >= 4 is 11.9 Å². The summed E-state index contributed by atoms with van der Waals surface area (Å²) >= 11 is 0. The normalized spacial score (nSPS) is 26.3. The van der Waals surface area contributed by atoms with Gasteiger partial charge in [0.15, 0.2) is 0 Å². The Morgan fingerprint density at radius 1 is 1.23 bits per heavy atom. The molecule has 22 heavy (non-hydrogen) atoms. The maximum atomic E-state index is 11.2. The van der Waals surface area contributed by atoms with Crippen LogP contribution in [0.3, 0.4) is 0 Å². The molecule has 1 aromatic carbocycles. The lowest BCUT2D eigenvalue weighted by atomic mass is 9.73. The third-order valence-corrected chi connectivity index (χ3v) is 4.07. The van der Waals surface area contributed by atoms with Crippen molar-refractivity contribution in [3.8, 4) is 0 Å². The molecule has 1 aliphatic heterocycles. The number of benzene rings is 1. The van der Waals surface area contributed by atoms with Crippen molar-refractivity contribution in [3.05, 3.63) is 48.0 Å². The van der Waals surface area contributed by atoms with Gasteiger partial charge in [-0.3, -0.25) is 9.59 Å². The first kappa shape index (κ1) is 16.4. The van der Waals surface area contributed by atoms with Gasteiger partial charge in [0, 0.05) is 6.54 Å². The molecule has 1 heterocycles. The number of cyclic esters (lactones) is 2. The van der Waals surface area contributed by atoms with Crippen LogP contribution in [-0.2, 0) is 20.9 Å². The molecule has 2 atom stereocenters. The van der Waals surface area contributed by atoms with Gasteiger partial charge in [-0.1, -0.05) is 42.5 Å². The molecule has 4 heteroatoms. The molecule has 1 aliphatic carbocycles. The minimum absolute atomic E-state index is 0.241. The van der Waals surface area contributed by atoms with Crippen molar-refractivity contribution in [1.29, 1.82) is 0 Å². The summed E-state index contributed by atoms with van der Waals surface area (Å²) < 4.78 is 4.58. The molecule has 1 saturated heterocycles. The van der Waals surface area contributed by atoms with Gasteiger partial charge in [-0.2, -0.15) is 0 Å². The average molecular weight is 301 g/mol. The summed E-state index contributed by atoms with van der Waals surface area (Å²) in [6.07, 6.45) is 5.34. The molecule has 0 bridgehead atoms. The Bertz CT molecular complexity index is 565. The standard InChI is InChI=1S/C9H13N.C9H10O3/c1-10(2)8-9-6-4-3-5-7-9;1-9-5-3-2-4-6(9)7(10)12-8(9)11/h3-7H,8H2,1-2H3;3,5-6H,2,4H2,1H3. The van der Waals surface area contributed by atoms with E-state index in [0.717, 1.165) is 19.4 Å². The van der Waals surface area contributed by atoms with Gasteiger partial charge >= 0.3 is 11.9 Å². The van der Waals surface area contributed by atoms with Crippen LogP contribution in [0.1, 0.15) is 25.3 Å². The summed E-state index contributed by atoms with van der Waals surface area (Å²) in [4.78, 5) is 24.6. The van der Waals surface area contributed by atoms with Crippen LogP contribution in [0.5, 0.6) is 0 Å². The van der Waals surface area contributed by atoms with Crippen molar-refractivity contribution < 1.29 is 14.3 Å². The molecule has 0 spiro atoms. The highest BCUT2D eigenvalue weighted by molar-refractivity contribution is 6.00. The Morgan fingerprint density at radius 3 is 2.50 bits per heavy atom. The molecule has 0 saturated carbocycles. The van der Waals surface area contributed by atoms with Crippen LogP contribution in [0.4, 0.5) is 0 Å². The second-order valence-corrected chi connectivity index (χ2v) is 6.25. The summed E-state index contributed by atoms with van der Waals surface area (Å²) in [6, 6.07) is 10.5. The van der Waals surface area contributed by atoms with Gasteiger partial charge in [0.25, 0.3) is 0 Å². The van der Waals surface area contributed by atoms with Crippen LogP contribution in [-0.4, -0.2) is 30.9 Å². The average Bonchev–Trinajstić information content (AvgIpc) is 2.70. The minimum Gasteiger partial charge on any atom is -0.392 e. The summed E-state index contributed by atoms with van der Waals surface area (Å²) in [6.45, 7) is 2.79. The van der Waals surface area contributed by atoms with Gasteiger partial charge in [-0.15, -0.1) is 0 Å². The number of allylic oxidation sites excluding steroid dienone is 1. The number of carbonyl (C=O) groups excluding carboxylic acids is 2. The van der Waals surface area contributed by atoms with E-state index in [1.165, 1.54) is 5.56 Å². The molecule has 0 N–H and O–H groups in total. The summed E-state index contributed by atoms with van der Waals surface area (Å²) in [5.74, 6) is -0.990. The van der Waals surface area contributed by atoms with Crippen LogP contribution in [0.25, 0.3) is 0 Å². The number of rotatable bonds is 2. The Kier molecular flexibility index (Phi) is 5.14. The molecule has 3 rings (SSSR count). The Hall–Kier alpha value is -1.94. The van der Waals surface area contributed by atoms with Crippen molar-refractivity contribution in [3.63, 3.8) is 0 Å². The van der Waals surface area contributed by atoms with Gasteiger partial charge in [0.2, 0.25) is 0 Å². The first-order valence-corrected chi connectivity index (χ1v) is 7.56. The van der Waals surface area contributed by atoms with E-state index in [4.69, 9.17) is 0 Å². The number of hydrogen-bond donors (Lipinski definition) is 0. The van der Waals surface area contributed by atoms with Crippen molar-refractivity contribution in [2.45, 2.75) is 26.3 Å². The number of carbonyl (C=O) groups is 2. The fraction of sp³-hybridized carbons (Fsp3) is 0.444. The minimum atomic E-state index is -0.671. The van der Waals surface area contributed by atoms with Gasteiger partial charge in [-0.05, 0) is 39.4 Å². The summed E-state index contributed by atoms with van der Waals surface area (Å²) in [5.41, 5.74) is 0.697. The zero-order valence-electron chi connectivity index (χ0n) is 13.4. The lowest BCUT2D eigenvalue weighted by Crippen LogP contribution is -2.30. The maximum absolute atomic E-state index is 11.2. The van der Waals surface area contributed by atoms with Crippen molar-refractivity contribution in [2.24, 2.45) is 11.3 Å². The van der Waals surface area contributed by atoms with Gasteiger partial charge in [0.05, 0.1) is 11.3 Å². The lowest BCUT2D eigenvalue weighted by molar-refractivity contribution is -0.154. The molecule has 1 fully saturated rings. The monoisotopic (exact) mass is 301 g/mol. The molecule has 1 aromatic rings. The van der Waals surface area contributed by atoms with E-state index in [0.29, 0.717) is 0 Å². The molecular weight excluding hydrogens is 278 g/mol. The summed E-state index contributed by atoms with van der Waals surface area (Å²) in [5, 5.41) is 0. The van der Waals surface area contributed by atoms with Crippen LogP contribution in [0.15, 0.2) is 42.5 Å². The third-order valence-electron chi connectivity index (χ3n) is 4.07. The van der Waals surface area contributed by atoms with E-state index in [-0.39, 0.29) is 11.9 Å². The zero-order chi connectivity index (χ0) is 16.2. The predicted molar refractivity (Wildman–Crippen MR) is 84.9 cm³/mol. The zero-order valence-corrected chi connectivity index (χ0v) is 13.4. The highest BCUT2D eigenvalue weighted by Crippen LogP contribution is 2.42. The topological polar surface area (TPSA) is 46.6 Å². The number of ether oxygens (including phenoxy) is 1. The predicted octanol–water partition coefficient (Wildman–Crippen LogP) is 2.79. The van der Waals surface area contributed by atoms with Gasteiger partial charge in [0.1, 0.15) is 0 Å². The first-order chi connectivity index (χ1) is 10.4. The smallest absolute Gasteiger partial charge is 0.324 e. The molecule has 0 radical (unpaired) electrons. The second-order valence-electron chi connectivity index (χ2n) is 6.25. The maximum Gasteiger partial charge on any atom is 0.324 e. The number of fused-ring (bicyclic) bond motifs is 1. The van der Waals surface area contributed by atoms with Crippen LogP contribution < -0.4 is 0 Å². The number of hydrogen-bond acceptors (Lipinski definition) is 4. The quantitative estimate of drug-likeness (QED) is 0.479. The van der Waals surface area contributed by atoms with E-state index in [1.54, 1.807) is 13.0 Å².